The summed E-state index contributed by atoms with van der Waals surface area (Å²) in [6, 6.07) is 1.02. The maximum atomic E-state index is 5.93. The van der Waals surface area contributed by atoms with Crippen molar-refractivity contribution < 1.29 is 0 Å². The molecule has 2 N–H and O–H groups in total. The number of likely N-dealkylation sites (N-methyl/N-ethyl adjacent to an activating group) is 1. The van der Waals surface area contributed by atoms with Gasteiger partial charge in [0.15, 0.2) is 0 Å². The minimum absolute atomic E-state index is 0.407. The number of nitrogens with two attached hydrogens (primary N) is 1. The van der Waals surface area contributed by atoms with Gasteiger partial charge in [-0.1, -0.05) is 13.8 Å². The highest BCUT2D eigenvalue weighted by Gasteiger charge is 2.30. The van der Waals surface area contributed by atoms with Crippen molar-refractivity contribution in [1.29, 1.82) is 0 Å². The molecular weight excluding hydrogens is 124 g/mol. The summed E-state index contributed by atoms with van der Waals surface area (Å²) < 4.78 is 0. The maximum Gasteiger partial charge on any atom is 0.0267 e. The van der Waals surface area contributed by atoms with Crippen LogP contribution < -0.4 is 5.73 Å². The first kappa shape index (κ1) is 8.02. The second-order valence-corrected chi connectivity index (χ2v) is 3.67. The van der Waals surface area contributed by atoms with E-state index in [-0.39, 0.29) is 0 Å². The van der Waals surface area contributed by atoms with Crippen LogP contribution in [0.5, 0.6) is 0 Å². The lowest BCUT2D eigenvalue weighted by molar-refractivity contribution is 0.237. The molecule has 0 amide bonds. The smallest absolute Gasteiger partial charge is 0.0267 e. The molecule has 1 aliphatic heterocycles. The van der Waals surface area contributed by atoms with Crippen molar-refractivity contribution in [2.45, 2.75) is 32.4 Å². The number of nitrogens with zero attached hydrogens (tertiary/aromatic N) is 1. The van der Waals surface area contributed by atoms with E-state index in [2.05, 4.69) is 25.8 Å². The van der Waals surface area contributed by atoms with Crippen molar-refractivity contribution in [2.24, 2.45) is 11.7 Å². The normalized spacial score (nSPS) is 35.7. The summed E-state index contributed by atoms with van der Waals surface area (Å²) in [4.78, 5) is 2.37. The Hall–Kier alpha value is -0.0800. The summed E-state index contributed by atoms with van der Waals surface area (Å²) in [5, 5.41) is 0. The van der Waals surface area contributed by atoms with E-state index in [1.807, 2.05) is 0 Å². The highest BCUT2D eigenvalue weighted by molar-refractivity contribution is 4.89. The zero-order valence-corrected chi connectivity index (χ0v) is 7.17. The zero-order valence-electron chi connectivity index (χ0n) is 7.17. The Labute approximate surface area is 63.4 Å². The summed E-state index contributed by atoms with van der Waals surface area (Å²) in [7, 11) is 2.16. The topological polar surface area (TPSA) is 29.3 Å². The van der Waals surface area contributed by atoms with Crippen LogP contribution in [0, 0.1) is 5.92 Å². The van der Waals surface area contributed by atoms with E-state index in [4.69, 9.17) is 5.73 Å². The van der Waals surface area contributed by atoms with Crippen molar-refractivity contribution in [3.05, 3.63) is 0 Å². The molecule has 1 aliphatic rings. The molecule has 0 aliphatic carbocycles. The van der Waals surface area contributed by atoms with Gasteiger partial charge in [-0.2, -0.15) is 0 Å². The molecular formula is C8H18N2. The minimum atomic E-state index is 0.407. The predicted octanol–water partition coefficient (Wildman–Crippen LogP) is 0.674. The van der Waals surface area contributed by atoms with Crippen molar-refractivity contribution in [2.75, 3.05) is 13.6 Å². The fourth-order valence-corrected chi connectivity index (χ4v) is 2.00. The standard InChI is InChI=1S/C8H18N2/c1-6(2)8-7(9)4-5-10(8)3/h6-8H,4-5,9H2,1-3H3. The van der Waals surface area contributed by atoms with Gasteiger partial charge in [0, 0.05) is 12.1 Å². The minimum Gasteiger partial charge on any atom is -0.326 e. The molecule has 0 aromatic rings. The second-order valence-electron chi connectivity index (χ2n) is 3.67. The zero-order chi connectivity index (χ0) is 7.72. The van der Waals surface area contributed by atoms with Crippen LogP contribution in [0.15, 0.2) is 0 Å². The van der Waals surface area contributed by atoms with E-state index >= 15 is 0 Å². The highest BCUT2D eigenvalue weighted by atomic mass is 15.2. The van der Waals surface area contributed by atoms with Crippen LogP contribution in [0.3, 0.4) is 0 Å². The molecule has 1 rings (SSSR count). The van der Waals surface area contributed by atoms with Gasteiger partial charge >= 0.3 is 0 Å². The fourth-order valence-electron chi connectivity index (χ4n) is 2.00. The van der Waals surface area contributed by atoms with E-state index in [9.17, 15) is 0 Å². The average molecular weight is 142 g/mol. The number of hydrogen-bond donors (Lipinski definition) is 1. The lowest BCUT2D eigenvalue weighted by Crippen LogP contribution is -2.41. The Bertz CT molecular complexity index is 102. The quantitative estimate of drug-likeness (QED) is 0.583. The molecule has 0 bridgehead atoms. The van der Waals surface area contributed by atoms with Gasteiger partial charge in [-0.3, -0.25) is 0 Å². The van der Waals surface area contributed by atoms with E-state index in [0.29, 0.717) is 18.0 Å². The fraction of sp³-hybridized carbons (Fsp3) is 1.00. The van der Waals surface area contributed by atoms with Gasteiger partial charge in [-0.25, -0.2) is 0 Å². The molecule has 0 spiro atoms. The van der Waals surface area contributed by atoms with E-state index in [1.54, 1.807) is 0 Å². The number of likely N-dealkylation sites (tertiary alicyclic amines) is 1. The molecule has 0 aromatic carbocycles. The largest absolute Gasteiger partial charge is 0.326 e. The first-order chi connectivity index (χ1) is 4.63. The summed E-state index contributed by atoms with van der Waals surface area (Å²) >= 11 is 0. The molecule has 0 saturated carbocycles. The molecule has 1 heterocycles. The Morgan fingerprint density at radius 2 is 2.10 bits per heavy atom. The second kappa shape index (κ2) is 2.89. The third kappa shape index (κ3) is 1.32. The Morgan fingerprint density at radius 3 is 2.30 bits per heavy atom. The lowest BCUT2D eigenvalue weighted by Gasteiger charge is -2.26. The summed E-state index contributed by atoms with van der Waals surface area (Å²) in [6.07, 6.45) is 1.17. The number of rotatable bonds is 1. The van der Waals surface area contributed by atoms with Crippen molar-refractivity contribution in [3.63, 3.8) is 0 Å². The summed E-state index contributed by atoms with van der Waals surface area (Å²) in [6.45, 7) is 5.66. The molecule has 0 aromatic heterocycles. The Balaban J connectivity index is 2.54. The van der Waals surface area contributed by atoms with Gasteiger partial charge in [0.2, 0.25) is 0 Å². The van der Waals surface area contributed by atoms with Crippen LogP contribution in [0.1, 0.15) is 20.3 Å². The van der Waals surface area contributed by atoms with E-state index < -0.39 is 0 Å². The SMILES string of the molecule is CC(C)C1C(N)CCN1C. The first-order valence-corrected chi connectivity index (χ1v) is 4.08. The molecule has 1 fully saturated rings. The third-order valence-electron chi connectivity index (χ3n) is 2.45. The van der Waals surface area contributed by atoms with Gasteiger partial charge in [-0.15, -0.1) is 0 Å². The number of hydrogen-bond acceptors (Lipinski definition) is 2. The highest BCUT2D eigenvalue weighted by Crippen LogP contribution is 2.20. The van der Waals surface area contributed by atoms with Gasteiger partial charge in [0.1, 0.15) is 0 Å². The molecule has 10 heavy (non-hydrogen) atoms. The van der Waals surface area contributed by atoms with Crippen molar-refractivity contribution in [1.82, 2.24) is 4.90 Å². The van der Waals surface area contributed by atoms with E-state index in [1.165, 1.54) is 13.0 Å². The lowest BCUT2D eigenvalue weighted by atomic mass is 9.98. The van der Waals surface area contributed by atoms with Gasteiger partial charge in [0.05, 0.1) is 0 Å². The monoisotopic (exact) mass is 142 g/mol. The predicted molar refractivity (Wildman–Crippen MR) is 43.8 cm³/mol. The maximum absolute atomic E-state index is 5.93. The third-order valence-corrected chi connectivity index (χ3v) is 2.45. The Kier molecular flexibility index (Phi) is 2.32. The van der Waals surface area contributed by atoms with Crippen molar-refractivity contribution in [3.8, 4) is 0 Å². The molecule has 1 saturated heterocycles. The summed E-state index contributed by atoms with van der Waals surface area (Å²) in [5.41, 5.74) is 5.93. The molecule has 2 atom stereocenters. The summed E-state index contributed by atoms with van der Waals surface area (Å²) in [5.74, 6) is 0.697. The molecule has 60 valence electrons. The van der Waals surface area contributed by atoms with Gasteiger partial charge in [0.25, 0.3) is 0 Å². The molecule has 2 heteroatoms. The van der Waals surface area contributed by atoms with Gasteiger partial charge < -0.3 is 10.6 Å². The van der Waals surface area contributed by atoms with E-state index in [0.717, 1.165) is 0 Å². The molecule has 2 nitrogen and oxygen atoms in total. The van der Waals surface area contributed by atoms with Gasteiger partial charge in [-0.05, 0) is 25.9 Å². The average Bonchev–Trinajstić information content (AvgIpc) is 2.11. The van der Waals surface area contributed by atoms with Crippen LogP contribution in [-0.4, -0.2) is 30.6 Å². The van der Waals surface area contributed by atoms with Crippen LogP contribution in [0.25, 0.3) is 0 Å². The van der Waals surface area contributed by atoms with Crippen LogP contribution in [0.2, 0.25) is 0 Å². The molecule has 0 radical (unpaired) electrons. The van der Waals surface area contributed by atoms with Crippen LogP contribution >= 0.6 is 0 Å². The van der Waals surface area contributed by atoms with Crippen LogP contribution in [0.4, 0.5) is 0 Å². The van der Waals surface area contributed by atoms with Crippen LogP contribution in [-0.2, 0) is 0 Å². The Morgan fingerprint density at radius 1 is 1.50 bits per heavy atom. The van der Waals surface area contributed by atoms with Crippen molar-refractivity contribution >= 4 is 0 Å². The molecule has 2 unspecified atom stereocenters. The first-order valence-electron chi connectivity index (χ1n) is 4.08.